The van der Waals surface area contributed by atoms with Crippen LogP contribution in [-0.2, 0) is 22.3 Å². The molecule has 2 aromatic rings. The van der Waals surface area contributed by atoms with Gasteiger partial charge < -0.3 is 14.4 Å². The van der Waals surface area contributed by atoms with E-state index in [0.29, 0.717) is 13.2 Å². The van der Waals surface area contributed by atoms with Crippen molar-refractivity contribution < 1.29 is 14.3 Å². The Hall–Kier alpha value is -2.17. The van der Waals surface area contributed by atoms with E-state index in [-0.39, 0.29) is 18.1 Å². The number of aryl methyl sites for hydroxylation is 2. The third kappa shape index (κ3) is 4.40. The summed E-state index contributed by atoms with van der Waals surface area (Å²) < 4.78 is 11.4. The second-order valence-electron chi connectivity index (χ2n) is 7.41. The van der Waals surface area contributed by atoms with Gasteiger partial charge in [0.05, 0.1) is 13.2 Å². The average Bonchev–Trinajstić information content (AvgIpc) is 3.28. The molecule has 0 N–H and O–H groups in total. The summed E-state index contributed by atoms with van der Waals surface area (Å²) in [6.45, 7) is 2.86. The largest absolute Gasteiger partial charge is 0.350 e. The van der Waals surface area contributed by atoms with Gasteiger partial charge in [-0.25, -0.2) is 0 Å². The van der Waals surface area contributed by atoms with E-state index < -0.39 is 0 Å². The monoisotopic (exact) mass is 365 g/mol. The van der Waals surface area contributed by atoms with E-state index in [1.165, 1.54) is 5.56 Å². The molecule has 0 bridgehead atoms. The maximum absolute atomic E-state index is 13.2. The molecule has 0 aromatic heterocycles. The Labute approximate surface area is 161 Å². The fraction of sp³-hybridized carbons (Fsp3) is 0.435. The van der Waals surface area contributed by atoms with Crippen LogP contribution in [0.2, 0.25) is 0 Å². The molecule has 2 aromatic carbocycles. The van der Waals surface area contributed by atoms with Gasteiger partial charge in [0.1, 0.15) is 0 Å². The first-order chi connectivity index (χ1) is 13.3. The van der Waals surface area contributed by atoms with Gasteiger partial charge in [-0.1, -0.05) is 48.5 Å². The molecule has 4 rings (SSSR count). The van der Waals surface area contributed by atoms with Gasteiger partial charge in [0, 0.05) is 24.6 Å². The molecule has 4 nitrogen and oxygen atoms in total. The first kappa shape index (κ1) is 18.2. The van der Waals surface area contributed by atoms with Crippen LogP contribution in [0.1, 0.15) is 34.3 Å². The minimum atomic E-state index is -0.145. The zero-order valence-electron chi connectivity index (χ0n) is 15.7. The molecule has 1 unspecified atom stereocenters. The first-order valence-corrected chi connectivity index (χ1v) is 9.95. The highest BCUT2D eigenvalue weighted by molar-refractivity contribution is 5.95. The summed E-state index contributed by atoms with van der Waals surface area (Å²) in [7, 11) is 0. The minimum absolute atomic E-state index is 0.140. The highest BCUT2D eigenvalue weighted by Gasteiger charge is 2.33. The van der Waals surface area contributed by atoms with E-state index in [4.69, 9.17) is 9.47 Å². The molecule has 2 saturated heterocycles. The van der Waals surface area contributed by atoms with Gasteiger partial charge in [-0.05, 0) is 42.9 Å². The molecule has 1 atom stereocenters. The fourth-order valence-electron chi connectivity index (χ4n) is 4.11. The number of benzene rings is 2. The van der Waals surface area contributed by atoms with Gasteiger partial charge in [-0.2, -0.15) is 0 Å². The van der Waals surface area contributed by atoms with E-state index in [1.54, 1.807) is 0 Å². The highest BCUT2D eigenvalue weighted by Crippen LogP contribution is 2.26. The van der Waals surface area contributed by atoms with Crippen molar-refractivity contribution in [3.05, 3.63) is 71.3 Å². The van der Waals surface area contributed by atoms with Gasteiger partial charge >= 0.3 is 0 Å². The second-order valence-corrected chi connectivity index (χ2v) is 7.41. The summed E-state index contributed by atoms with van der Waals surface area (Å²) in [6, 6.07) is 18.5. The average molecular weight is 365 g/mol. The number of rotatable bonds is 5. The van der Waals surface area contributed by atoms with Crippen LogP contribution < -0.4 is 0 Å². The SMILES string of the molecule is O=C(c1ccccc1CCc1ccccc1)N1CCCC(C2OCCO2)C1. The lowest BCUT2D eigenvalue weighted by atomic mass is 9.95. The van der Waals surface area contributed by atoms with Crippen LogP contribution in [0.25, 0.3) is 0 Å². The minimum Gasteiger partial charge on any atom is -0.350 e. The molecule has 0 saturated carbocycles. The highest BCUT2D eigenvalue weighted by atomic mass is 16.7. The van der Waals surface area contributed by atoms with Crippen LogP contribution in [0, 0.1) is 5.92 Å². The van der Waals surface area contributed by atoms with Crippen molar-refractivity contribution in [1.29, 1.82) is 0 Å². The Balaban J connectivity index is 1.45. The van der Waals surface area contributed by atoms with Crippen molar-refractivity contribution in [2.45, 2.75) is 32.0 Å². The van der Waals surface area contributed by atoms with E-state index in [0.717, 1.165) is 49.9 Å². The predicted molar refractivity (Wildman–Crippen MR) is 105 cm³/mol. The van der Waals surface area contributed by atoms with Crippen molar-refractivity contribution in [2.24, 2.45) is 5.92 Å². The standard InChI is InChI=1S/C23H27NO3/c25-22(24-14-6-10-20(17-24)23-26-15-16-27-23)21-11-5-4-9-19(21)13-12-18-7-2-1-3-8-18/h1-5,7-9,11,20,23H,6,10,12-17H2. The Kier molecular flexibility index (Phi) is 5.85. The van der Waals surface area contributed by atoms with Crippen molar-refractivity contribution >= 4 is 5.91 Å². The van der Waals surface area contributed by atoms with Crippen molar-refractivity contribution in [3.8, 4) is 0 Å². The quantitative estimate of drug-likeness (QED) is 0.811. The number of nitrogens with zero attached hydrogens (tertiary/aromatic N) is 1. The molecule has 142 valence electrons. The van der Waals surface area contributed by atoms with Crippen LogP contribution in [0.4, 0.5) is 0 Å². The molecule has 2 fully saturated rings. The first-order valence-electron chi connectivity index (χ1n) is 9.95. The topological polar surface area (TPSA) is 38.8 Å². The van der Waals surface area contributed by atoms with Gasteiger partial charge in [-0.15, -0.1) is 0 Å². The Morgan fingerprint density at radius 3 is 2.52 bits per heavy atom. The van der Waals surface area contributed by atoms with Crippen LogP contribution >= 0.6 is 0 Å². The van der Waals surface area contributed by atoms with Crippen molar-refractivity contribution in [2.75, 3.05) is 26.3 Å². The predicted octanol–water partition coefficient (Wildman–Crippen LogP) is 3.70. The molecule has 27 heavy (non-hydrogen) atoms. The smallest absolute Gasteiger partial charge is 0.254 e. The number of hydrogen-bond acceptors (Lipinski definition) is 3. The summed E-state index contributed by atoms with van der Waals surface area (Å²) in [5, 5.41) is 0. The molecular weight excluding hydrogens is 338 g/mol. The Bertz CT molecular complexity index is 755. The molecule has 2 aliphatic heterocycles. The lowest BCUT2D eigenvalue weighted by Crippen LogP contribution is -2.44. The summed E-state index contributed by atoms with van der Waals surface area (Å²) in [5.74, 6) is 0.419. The molecule has 0 spiro atoms. The summed E-state index contributed by atoms with van der Waals surface area (Å²) >= 11 is 0. The number of amides is 1. The van der Waals surface area contributed by atoms with Crippen LogP contribution in [-0.4, -0.2) is 43.4 Å². The Morgan fingerprint density at radius 2 is 1.70 bits per heavy atom. The molecular formula is C23H27NO3. The zero-order valence-corrected chi connectivity index (χ0v) is 15.7. The van der Waals surface area contributed by atoms with E-state index in [9.17, 15) is 4.79 Å². The van der Waals surface area contributed by atoms with E-state index >= 15 is 0 Å². The van der Waals surface area contributed by atoms with Crippen molar-refractivity contribution in [1.82, 2.24) is 4.90 Å². The number of likely N-dealkylation sites (tertiary alicyclic amines) is 1. The number of carbonyl (C=O) groups excluding carboxylic acids is 1. The number of ether oxygens (including phenoxy) is 2. The lowest BCUT2D eigenvalue weighted by molar-refractivity contribution is -0.0969. The molecule has 4 heteroatoms. The maximum Gasteiger partial charge on any atom is 0.254 e. The van der Waals surface area contributed by atoms with Crippen LogP contribution in [0.3, 0.4) is 0 Å². The zero-order chi connectivity index (χ0) is 18.5. The second kappa shape index (κ2) is 8.68. The fourth-order valence-corrected chi connectivity index (χ4v) is 4.11. The Morgan fingerprint density at radius 1 is 0.963 bits per heavy atom. The summed E-state index contributed by atoms with van der Waals surface area (Å²) in [6.07, 6.45) is 3.74. The molecule has 0 radical (unpaired) electrons. The van der Waals surface area contributed by atoms with Gasteiger partial charge in [-0.3, -0.25) is 4.79 Å². The lowest BCUT2D eigenvalue weighted by Gasteiger charge is -2.35. The maximum atomic E-state index is 13.2. The number of carbonyl (C=O) groups is 1. The van der Waals surface area contributed by atoms with Crippen LogP contribution in [0.5, 0.6) is 0 Å². The molecule has 1 amide bonds. The number of hydrogen-bond donors (Lipinski definition) is 0. The summed E-state index contributed by atoms with van der Waals surface area (Å²) in [4.78, 5) is 15.2. The number of piperidine rings is 1. The van der Waals surface area contributed by atoms with Gasteiger partial charge in [0.2, 0.25) is 0 Å². The molecule has 2 heterocycles. The van der Waals surface area contributed by atoms with Gasteiger partial charge in [0.25, 0.3) is 5.91 Å². The molecule has 0 aliphatic carbocycles. The third-order valence-electron chi connectivity index (χ3n) is 5.55. The third-order valence-corrected chi connectivity index (χ3v) is 5.55. The van der Waals surface area contributed by atoms with Crippen LogP contribution in [0.15, 0.2) is 54.6 Å². The van der Waals surface area contributed by atoms with E-state index in [2.05, 4.69) is 30.3 Å². The van der Waals surface area contributed by atoms with E-state index in [1.807, 2.05) is 29.2 Å². The summed E-state index contributed by atoms with van der Waals surface area (Å²) in [5.41, 5.74) is 3.26. The van der Waals surface area contributed by atoms with Crippen molar-refractivity contribution in [3.63, 3.8) is 0 Å². The normalized spacial score (nSPS) is 20.7. The van der Waals surface area contributed by atoms with Gasteiger partial charge in [0.15, 0.2) is 6.29 Å². The molecule has 2 aliphatic rings.